The number of hydrogen-bond acceptors (Lipinski definition) is 4. The van der Waals surface area contributed by atoms with Crippen LogP contribution in [0.15, 0.2) is 36.4 Å². The van der Waals surface area contributed by atoms with Gasteiger partial charge in [-0.2, -0.15) is 0 Å². The highest BCUT2D eigenvalue weighted by Gasteiger charge is 2.36. The Morgan fingerprint density at radius 1 is 1.15 bits per heavy atom. The van der Waals surface area contributed by atoms with E-state index in [-0.39, 0.29) is 23.9 Å². The van der Waals surface area contributed by atoms with Gasteiger partial charge in [-0.05, 0) is 44.0 Å². The Bertz CT molecular complexity index is 939. The largest absolute Gasteiger partial charge is 0.325 e. The average molecular weight is 367 g/mol. The van der Waals surface area contributed by atoms with Gasteiger partial charge in [-0.25, -0.2) is 0 Å². The van der Waals surface area contributed by atoms with Crippen molar-refractivity contribution in [2.75, 3.05) is 16.8 Å². The zero-order chi connectivity index (χ0) is 19.7. The zero-order valence-corrected chi connectivity index (χ0v) is 15.5. The summed E-state index contributed by atoms with van der Waals surface area (Å²) in [5, 5.41) is 13.8. The first kappa shape index (κ1) is 18.6. The second-order valence-corrected chi connectivity index (χ2v) is 6.82. The molecule has 0 bridgehead atoms. The summed E-state index contributed by atoms with van der Waals surface area (Å²) in [5.74, 6) is -0.907. The van der Waals surface area contributed by atoms with Crippen LogP contribution in [0.2, 0.25) is 0 Å². The second-order valence-electron chi connectivity index (χ2n) is 6.82. The highest BCUT2D eigenvalue weighted by atomic mass is 16.6. The summed E-state index contributed by atoms with van der Waals surface area (Å²) in [7, 11) is 0. The maximum atomic E-state index is 12.7. The van der Waals surface area contributed by atoms with Gasteiger partial charge >= 0.3 is 0 Å². The number of rotatable bonds is 4. The molecule has 0 spiro atoms. The van der Waals surface area contributed by atoms with E-state index >= 15 is 0 Å². The molecule has 0 radical (unpaired) electrons. The first-order chi connectivity index (χ1) is 12.8. The van der Waals surface area contributed by atoms with Crippen molar-refractivity contribution in [3.05, 3.63) is 63.2 Å². The zero-order valence-electron chi connectivity index (χ0n) is 15.5. The number of aryl methyl sites for hydroxylation is 1. The molecule has 2 aromatic carbocycles. The van der Waals surface area contributed by atoms with Crippen molar-refractivity contribution in [1.29, 1.82) is 0 Å². The number of carbonyl (C=O) groups is 2. The molecule has 1 saturated heterocycles. The van der Waals surface area contributed by atoms with E-state index < -0.39 is 10.8 Å². The van der Waals surface area contributed by atoms with E-state index in [4.69, 9.17) is 0 Å². The van der Waals surface area contributed by atoms with Crippen molar-refractivity contribution in [1.82, 2.24) is 0 Å². The van der Waals surface area contributed by atoms with Crippen LogP contribution in [-0.4, -0.2) is 23.3 Å². The first-order valence-corrected chi connectivity index (χ1v) is 8.71. The minimum Gasteiger partial charge on any atom is -0.325 e. The Labute approximate surface area is 157 Å². The molecule has 7 heteroatoms. The van der Waals surface area contributed by atoms with Crippen LogP contribution in [0.1, 0.15) is 23.1 Å². The van der Waals surface area contributed by atoms with Crippen molar-refractivity contribution < 1.29 is 14.5 Å². The molecule has 1 atom stereocenters. The van der Waals surface area contributed by atoms with Gasteiger partial charge in [0.2, 0.25) is 11.8 Å². The van der Waals surface area contributed by atoms with Crippen molar-refractivity contribution in [2.45, 2.75) is 27.2 Å². The first-order valence-electron chi connectivity index (χ1n) is 8.71. The van der Waals surface area contributed by atoms with E-state index in [9.17, 15) is 19.7 Å². The Hall–Kier alpha value is -3.22. The van der Waals surface area contributed by atoms with Crippen LogP contribution in [0.3, 0.4) is 0 Å². The summed E-state index contributed by atoms with van der Waals surface area (Å²) in [5.41, 5.74) is 3.66. The molecule has 0 aliphatic carbocycles. The van der Waals surface area contributed by atoms with Crippen LogP contribution >= 0.6 is 0 Å². The SMILES string of the molecule is Cc1cccc(N2C[C@@H](C(=O)Nc3cccc([N+](=O)[O-])c3C)CC2=O)c1C. The van der Waals surface area contributed by atoms with Crippen LogP contribution in [0.25, 0.3) is 0 Å². The fourth-order valence-corrected chi connectivity index (χ4v) is 3.34. The lowest BCUT2D eigenvalue weighted by Crippen LogP contribution is -2.28. The summed E-state index contributed by atoms with van der Waals surface area (Å²) in [6.07, 6.45) is 0.118. The lowest BCUT2D eigenvalue weighted by Gasteiger charge is -2.20. The molecule has 1 N–H and O–H groups in total. The van der Waals surface area contributed by atoms with Crippen molar-refractivity contribution in [3.8, 4) is 0 Å². The van der Waals surface area contributed by atoms with Gasteiger partial charge < -0.3 is 10.2 Å². The van der Waals surface area contributed by atoms with Gasteiger partial charge in [-0.3, -0.25) is 19.7 Å². The molecule has 0 saturated carbocycles. The predicted molar refractivity (Wildman–Crippen MR) is 103 cm³/mol. The van der Waals surface area contributed by atoms with Gasteiger partial charge in [0, 0.05) is 24.7 Å². The highest BCUT2D eigenvalue weighted by molar-refractivity contribution is 6.04. The van der Waals surface area contributed by atoms with E-state index in [1.165, 1.54) is 12.1 Å². The van der Waals surface area contributed by atoms with Crippen molar-refractivity contribution in [3.63, 3.8) is 0 Å². The van der Waals surface area contributed by atoms with Gasteiger partial charge in [0.15, 0.2) is 0 Å². The fourth-order valence-electron chi connectivity index (χ4n) is 3.34. The summed E-state index contributed by atoms with van der Waals surface area (Å²) < 4.78 is 0. The third kappa shape index (κ3) is 3.53. The van der Waals surface area contributed by atoms with E-state index in [2.05, 4.69) is 5.32 Å². The Morgan fingerprint density at radius 2 is 1.85 bits per heavy atom. The lowest BCUT2D eigenvalue weighted by molar-refractivity contribution is -0.385. The Balaban J connectivity index is 1.78. The number of anilines is 2. The highest BCUT2D eigenvalue weighted by Crippen LogP contribution is 2.31. The molecule has 1 aliphatic heterocycles. The fraction of sp³-hybridized carbons (Fsp3) is 0.300. The number of nitrogens with zero attached hydrogens (tertiary/aromatic N) is 2. The van der Waals surface area contributed by atoms with Crippen LogP contribution in [0, 0.1) is 36.8 Å². The number of nitro groups is 1. The molecule has 27 heavy (non-hydrogen) atoms. The molecule has 3 rings (SSSR count). The third-order valence-corrected chi connectivity index (χ3v) is 5.12. The van der Waals surface area contributed by atoms with Crippen LogP contribution < -0.4 is 10.2 Å². The minimum atomic E-state index is -0.504. The number of amides is 2. The number of nitrogens with one attached hydrogen (secondary N) is 1. The normalized spacial score (nSPS) is 16.5. The average Bonchev–Trinajstić information content (AvgIpc) is 3.00. The molecular weight excluding hydrogens is 346 g/mol. The molecule has 1 heterocycles. The quantitative estimate of drug-likeness (QED) is 0.661. The Morgan fingerprint density at radius 3 is 2.56 bits per heavy atom. The molecule has 0 aromatic heterocycles. The number of carbonyl (C=O) groups excluding carboxylic acids is 2. The Kier molecular flexibility index (Phi) is 4.94. The van der Waals surface area contributed by atoms with Crippen molar-refractivity contribution >= 4 is 28.9 Å². The molecule has 7 nitrogen and oxygen atoms in total. The van der Waals surface area contributed by atoms with Crippen molar-refractivity contribution in [2.24, 2.45) is 5.92 Å². The standard InChI is InChI=1S/C20H21N3O4/c1-12-6-4-8-17(13(12)2)22-11-15(10-19(22)24)20(25)21-16-7-5-9-18(14(16)3)23(26)27/h4-9,15H,10-11H2,1-3H3,(H,21,25)/t15-/m0/s1. The molecule has 1 aliphatic rings. The maximum Gasteiger partial charge on any atom is 0.274 e. The van der Waals surface area contributed by atoms with Gasteiger partial charge in [0.1, 0.15) is 0 Å². The van der Waals surface area contributed by atoms with Gasteiger partial charge in [0.25, 0.3) is 5.69 Å². The third-order valence-electron chi connectivity index (χ3n) is 5.12. The topological polar surface area (TPSA) is 92.6 Å². The molecule has 2 amide bonds. The summed E-state index contributed by atoms with van der Waals surface area (Å²) in [6, 6.07) is 10.3. The van der Waals surface area contributed by atoms with Gasteiger partial charge in [-0.15, -0.1) is 0 Å². The van der Waals surface area contributed by atoms with E-state index in [0.29, 0.717) is 17.8 Å². The number of nitro benzene ring substituents is 1. The smallest absolute Gasteiger partial charge is 0.274 e. The maximum absolute atomic E-state index is 12.7. The lowest BCUT2D eigenvalue weighted by atomic mass is 10.1. The molecular formula is C20H21N3O4. The van der Waals surface area contributed by atoms with E-state index in [1.807, 2.05) is 32.0 Å². The van der Waals surface area contributed by atoms with Crippen LogP contribution in [0.5, 0.6) is 0 Å². The van der Waals surface area contributed by atoms with Crippen LogP contribution in [-0.2, 0) is 9.59 Å². The monoisotopic (exact) mass is 367 g/mol. The second kappa shape index (κ2) is 7.19. The molecule has 1 fully saturated rings. The summed E-state index contributed by atoms with van der Waals surface area (Å²) in [6.45, 7) is 5.82. The number of benzene rings is 2. The molecule has 140 valence electrons. The number of hydrogen-bond donors (Lipinski definition) is 1. The summed E-state index contributed by atoms with van der Waals surface area (Å²) >= 11 is 0. The van der Waals surface area contributed by atoms with Gasteiger partial charge in [0.05, 0.1) is 22.1 Å². The summed E-state index contributed by atoms with van der Waals surface area (Å²) in [4.78, 5) is 37.4. The minimum absolute atomic E-state index is 0.0488. The van der Waals surface area contributed by atoms with E-state index in [1.54, 1.807) is 17.9 Å². The molecule has 2 aromatic rings. The van der Waals surface area contributed by atoms with Gasteiger partial charge in [-0.1, -0.05) is 18.2 Å². The molecule has 0 unspecified atom stereocenters. The predicted octanol–water partition coefficient (Wildman–Crippen LogP) is 3.51. The van der Waals surface area contributed by atoms with E-state index in [0.717, 1.165) is 16.8 Å². The van der Waals surface area contributed by atoms with Crippen LogP contribution in [0.4, 0.5) is 17.1 Å².